The molecule has 2 aliphatic rings. The highest BCUT2D eigenvalue weighted by Crippen LogP contribution is 2.31. The Morgan fingerprint density at radius 1 is 1.16 bits per heavy atom. The van der Waals surface area contributed by atoms with Gasteiger partial charge in [-0.3, -0.25) is 0 Å². The van der Waals surface area contributed by atoms with E-state index >= 15 is 0 Å². The number of thiazole rings is 1. The van der Waals surface area contributed by atoms with E-state index in [1.807, 2.05) is 6.20 Å². The zero-order valence-electron chi connectivity index (χ0n) is 15.5. The number of likely N-dealkylation sites (tertiary alicyclic amines) is 1. The fourth-order valence-electron chi connectivity index (χ4n) is 4.76. The number of fused-ring (bicyclic) bond motifs is 1. The van der Waals surface area contributed by atoms with Crippen LogP contribution in [0.15, 0.2) is 35.8 Å². The van der Waals surface area contributed by atoms with Crippen LogP contribution in [0.2, 0.25) is 0 Å². The van der Waals surface area contributed by atoms with Crippen molar-refractivity contribution in [2.75, 3.05) is 32.1 Å². The Balaban J connectivity index is 1.48. The van der Waals surface area contributed by atoms with Crippen LogP contribution in [0.4, 0.5) is 5.13 Å². The van der Waals surface area contributed by atoms with Gasteiger partial charge in [-0.05, 0) is 43.2 Å². The van der Waals surface area contributed by atoms with Crippen molar-refractivity contribution < 1.29 is 4.48 Å². The molecule has 25 heavy (non-hydrogen) atoms. The van der Waals surface area contributed by atoms with Crippen molar-refractivity contribution in [3.05, 3.63) is 47.0 Å². The third kappa shape index (κ3) is 3.61. The average Bonchev–Trinajstić information content (AvgIpc) is 3.25. The van der Waals surface area contributed by atoms with E-state index < -0.39 is 0 Å². The van der Waals surface area contributed by atoms with Gasteiger partial charge in [0.15, 0.2) is 5.13 Å². The molecule has 1 fully saturated rings. The van der Waals surface area contributed by atoms with E-state index in [0.717, 1.165) is 12.6 Å². The van der Waals surface area contributed by atoms with Crippen molar-refractivity contribution >= 4 is 16.5 Å². The minimum Gasteiger partial charge on any atom is -0.344 e. The Hall–Kier alpha value is -1.39. The van der Waals surface area contributed by atoms with E-state index in [0.29, 0.717) is 6.04 Å². The van der Waals surface area contributed by atoms with E-state index in [-0.39, 0.29) is 0 Å². The van der Waals surface area contributed by atoms with Crippen LogP contribution >= 0.6 is 11.3 Å². The molecule has 4 heteroatoms. The van der Waals surface area contributed by atoms with E-state index in [4.69, 9.17) is 0 Å². The highest BCUT2D eigenvalue weighted by Gasteiger charge is 2.33. The summed E-state index contributed by atoms with van der Waals surface area (Å²) in [5.74, 6) is 0. The Morgan fingerprint density at radius 2 is 1.92 bits per heavy atom. The first kappa shape index (κ1) is 17.0. The molecule has 0 radical (unpaired) electrons. The molecule has 3 nitrogen and oxygen atoms in total. The third-order valence-electron chi connectivity index (χ3n) is 6.35. The van der Waals surface area contributed by atoms with Crippen molar-refractivity contribution in [3.63, 3.8) is 0 Å². The van der Waals surface area contributed by atoms with Gasteiger partial charge in [0, 0.05) is 30.6 Å². The highest BCUT2D eigenvalue weighted by molar-refractivity contribution is 7.13. The van der Waals surface area contributed by atoms with E-state index in [9.17, 15) is 0 Å². The van der Waals surface area contributed by atoms with Crippen molar-refractivity contribution in [1.29, 1.82) is 0 Å². The second-order valence-corrected chi connectivity index (χ2v) is 9.15. The van der Waals surface area contributed by atoms with Crippen LogP contribution < -0.4 is 4.90 Å². The molecule has 1 aliphatic carbocycles. The van der Waals surface area contributed by atoms with Gasteiger partial charge in [0.05, 0.1) is 26.7 Å². The maximum absolute atomic E-state index is 4.66. The molecule has 0 saturated carbocycles. The van der Waals surface area contributed by atoms with Gasteiger partial charge < -0.3 is 9.38 Å². The van der Waals surface area contributed by atoms with Crippen LogP contribution in [0.1, 0.15) is 36.8 Å². The summed E-state index contributed by atoms with van der Waals surface area (Å²) >= 11 is 1.79. The lowest BCUT2D eigenvalue weighted by molar-refractivity contribution is -0.920. The number of benzene rings is 1. The fraction of sp³-hybridized carbons (Fsp3) is 0.571. The highest BCUT2D eigenvalue weighted by atomic mass is 32.1. The standard InChI is InChI=1S/C21H30N3S/c1-24(2)13-6-5-9-20(24)10-12-23(21-22-11-14-25-21)19-15-17-7-3-4-8-18(17)16-19/h3-4,7-8,11,14,19-20H,5-6,9-10,12-13,15-16H2,1-2H3/q+1. The molecular formula is C21H30N3S+. The van der Waals surface area contributed by atoms with Crippen LogP contribution in [-0.2, 0) is 12.8 Å². The van der Waals surface area contributed by atoms with Crippen LogP contribution in [0.25, 0.3) is 0 Å². The predicted molar refractivity (Wildman–Crippen MR) is 106 cm³/mol. The van der Waals surface area contributed by atoms with Crippen molar-refractivity contribution in [3.8, 4) is 0 Å². The Kier molecular flexibility index (Phi) is 4.83. The van der Waals surface area contributed by atoms with E-state index in [2.05, 4.69) is 53.6 Å². The number of rotatable bonds is 5. The van der Waals surface area contributed by atoms with E-state index in [1.165, 1.54) is 65.8 Å². The second-order valence-electron chi connectivity index (χ2n) is 8.28. The normalized spacial score (nSPS) is 22.7. The van der Waals surface area contributed by atoms with Crippen LogP contribution in [-0.4, -0.2) is 48.7 Å². The number of hydrogen-bond donors (Lipinski definition) is 0. The van der Waals surface area contributed by atoms with Crippen LogP contribution in [0.5, 0.6) is 0 Å². The first-order valence-electron chi connectivity index (χ1n) is 9.69. The monoisotopic (exact) mass is 356 g/mol. The molecule has 1 atom stereocenters. The number of aromatic nitrogens is 1. The summed E-state index contributed by atoms with van der Waals surface area (Å²) in [7, 11) is 4.84. The SMILES string of the molecule is C[N+]1(C)CCCCC1CCN(c1nccs1)C1Cc2ccccc2C1. The molecule has 0 N–H and O–H groups in total. The second kappa shape index (κ2) is 7.08. The summed E-state index contributed by atoms with van der Waals surface area (Å²) in [4.78, 5) is 7.27. The molecule has 0 bridgehead atoms. The van der Waals surface area contributed by atoms with Crippen molar-refractivity contribution in [2.24, 2.45) is 0 Å². The first-order valence-corrected chi connectivity index (χ1v) is 10.6. The number of quaternary nitrogens is 1. The fourth-order valence-corrected chi connectivity index (χ4v) is 5.50. The van der Waals surface area contributed by atoms with Crippen molar-refractivity contribution in [2.45, 2.75) is 50.6 Å². The summed E-state index contributed by atoms with van der Waals surface area (Å²) in [5, 5.41) is 3.32. The molecule has 1 unspecified atom stereocenters. The minimum atomic E-state index is 0.572. The lowest BCUT2D eigenvalue weighted by Crippen LogP contribution is -2.53. The summed E-state index contributed by atoms with van der Waals surface area (Å²) < 4.78 is 1.19. The molecule has 2 aromatic rings. The third-order valence-corrected chi connectivity index (χ3v) is 7.16. The minimum absolute atomic E-state index is 0.572. The molecule has 1 saturated heterocycles. The summed E-state index contributed by atoms with van der Waals surface area (Å²) in [6.45, 7) is 2.47. The van der Waals surface area contributed by atoms with E-state index in [1.54, 1.807) is 11.3 Å². The predicted octanol–water partition coefficient (Wildman–Crippen LogP) is 4.14. The average molecular weight is 357 g/mol. The number of hydrogen-bond acceptors (Lipinski definition) is 3. The summed E-state index contributed by atoms with van der Waals surface area (Å²) in [5.41, 5.74) is 3.06. The zero-order chi connectivity index (χ0) is 17.3. The summed E-state index contributed by atoms with van der Waals surface area (Å²) in [6, 6.07) is 10.3. The smallest absolute Gasteiger partial charge is 0.185 e. The molecule has 134 valence electrons. The van der Waals surface area contributed by atoms with Gasteiger partial charge in [0.2, 0.25) is 0 Å². The van der Waals surface area contributed by atoms with Crippen LogP contribution in [0, 0.1) is 0 Å². The molecule has 1 aliphatic heterocycles. The maximum atomic E-state index is 4.66. The quantitative estimate of drug-likeness (QED) is 0.749. The molecule has 1 aromatic carbocycles. The van der Waals surface area contributed by atoms with Crippen LogP contribution in [0.3, 0.4) is 0 Å². The van der Waals surface area contributed by atoms with Gasteiger partial charge in [-0.15, -0.1) is 11.3 Å². The number of nitrogens with zero attached hydrogens (tertiary/aromatic N) is 3. The van der Waals surface area contributed by atoms with Gasteiger partial charge in [-0.1, -0.05) is 24.3 Å². The van der Waals surface area contributed by atoms with Crippen molar-refractivity contribution in [1.82, 2.24) is 4.98 Å². The molecule has 4 rings (SSSR count). The largest absolute Gasteiger partial charge is 0.344 e. The lowest BCUT2D eigenvalue weighted by atomic mass is 9.97. The Bertz CT molecular complexity index is 670. The number of anilines is 1. The van der Waals surface area contributed by atoms with Gasteiger partial charge in [-0.25, -0.2) is 4.98 Å². The summed E-state index contributed by atoms with van der Waals surface area (Å²) in [6.07, 6.45) is 9.73. The molecular weight excluding hydrogens is 326 g/mol. The Labute approximate surface area is 155 Å². The van der Waals surface area contributed by atoms with Gasteiger partial charge in [-0.2, -0.15) is 0 Å². The first-order chi connectivity index (χ1) is 12.1. The van der Waals surface area contributed by atoms with Gasteiger partial charge in [0.1, 0.15) is 0 Å². The van der Waals surface area contributed by atoms with Gasteiger partial charge >= 0.3 is 0 Å². The molecule has 0 spiro atoms. The van der Waals surface area contributed by atoms with Gasteiger partial charge in [0.25, 0.3) is 0 Å². The Morgan fingerprint density at radius 3 is 2.56 bits per heavy atom. The molecule has 0 amide bonds. The maximum Gasteiger partial charge on any atom is 0.185 e. The molecule has 1 aromatic heterocycles. The topological polar surface area (TPSA) is 16.1 Å². The molecule has 2 heterocycles. The lowest BCUT2D eigenvalue weighted by Gasteiger charge is -2.42. The zero-order valence-corrected chi connectivity index (χ0v) is 16.3. The number of piperidine rings is 1.